The smallest absolute Gasteiger partial charge is 0.278 e. The molecule has 0 amide bonds. The summed E-state index contributed by atoms with van der Waals surface area (Å²) < 4.78 is 0. The van der Waals surface area contributed by atoms with Gasteiger partial charge in [0.15, 0.2) is 0 Å². The third-order valence-corrected chi connectivity index (χ3v) is 1.75. The van der Waals surface area contributed by atoms with Gasteiger partial charge in [0.1, 0.15) is 0 Å². The van der Waals surface area contributed by atoms with Gasteiger partial charge in [-0.1, -0.05) is 12.1 Å². The summed E-state index contributed by atoms with van der Waals surface area (Å²) in [7, 11) is 0. The summed E-state index contributed by atoms with van der Waals surface area (Å²) in [5.41, 5.74) is 0.563. The summed E-state index contributed by atoms with van der Waals surface area (Å²) in [4.78, 5) is 14.1. The van der Waals surface area contributed by atoms with Crippen LogP contribution in [0.5, 0.6) is 0 Å². The number of benzene rings is 1. The molecule has 14 heavy (non-hydrogen) atoms. The van der Waals surface area contributed by atoms with Crippen LogP contribution in [-0.2, 0) is 0 Å². The summed E-state index contributed by atoms with van der Waals surface area (Å²) in [6.45, 7) is 0.466. The Kier molecular flexibility index (Phi) is 4.07. The molecule has 4 nitrogen and oxygen atoms in total. The number of nitrogens with zero attached hydrogens (tertiary/aromatic N) is 2. The Bertz CT molecular complexity index is 352. The average Bonchev–Trinajstić information content (AvgIpc) is 2.19. The minimum Gasteiger partial charge on any atom is -0.291 e. The number of para-hydroxylation sites is 1. The molecule has 1 aromatic carbocycles. The molecule has 0 heterocycles. The SMILES string of the molecule is O=[N+]([O-])c1ccccc1/C=N/CCCl. The number of aliphatic imine (C=N–C) groups is 1. The maximum absolute atomic E-state index is 10.6. The van der Waals surface area contributed by atoms with Crippen LogP contribution < -0.4 is 0 Å². The van der Waals surface area contributed by atoms with Crippen molar-refractivity contribution in [1.82, 2.24) is 0 Å². The van der Waals surface area contributed by atoms with Gasteiger partial charge >= 0.3 is 0 Å². The first-order valence-electron chi connectivity index (χ1n) is 4.05. The summed E-state index contributed by atoms with van der Waals surface area (Å²) in [5.74, 6) is 0.414. The first-order valence-corrected chi connectivity index (χ1v) is 4.58. The zero-order chi connectivity index (χ0) is 10.4. The number of rotatable bonds is 4. The molecule has 0 aliphatic heterocycles. The summed E-state index contributed by atoms with van der Waals surface area (Å²) in [5, 5.41) is 10.6. The van der Waals surface area contributed by atoms with E-state index in [1.165, 1.54) is 12.3 Å². The van der Waals surface area contributed by atoms with Crippen LogP contribution in [0.25, 0.3) is 0 Å². The van der Waals surface area contributed by atoms with Crippen molar-refractivity contribution in [3.63, 3.8) is 0 Å². The fourth-order valence-electron chi connectivity index (χ4n) is 0.975. The highest BCUT2D eigenvalue weighted by Crippen LogP contribution is 2.15. The van der Waals surface area contributed by atoms with Crippen molar-refractivity contribution < 1.29 is 4.92 Å². The molecule has 0 N–H and O–H groups in total. The predicted octanol–water partition coefficient (Wildman–Crippen LogP) is 2.25. The Morgan fingerprint density at radius 1 is 1.50 bits per heavy atom. The molecule has 0 fully saturated rings. The molecular weight excluding hydrogens is 204 g/mol. The second-order valence-electron chi connectivity index (χ2n) is 2.54. The third kappa shape index (κ3) is 2.81. The van der Waals surface area contributed by atoms with Gasteiger partial charge in [0.25, 0.3) is 5.69 Å². The van der Waals surface area contributed by atoms with Gasteiger partial charge in [-0.3, -0.25) is 15.1 Å². The summed E-state index contributed by atoms with van der Waals surface area (Å²) in [6, 6.07) is 6.45. The van der Waals surface area contributed by atoms with E-state index in [4.69, 9.17) is 11.6 Å². The fourth-order valence-corrected chi connectivity index (χ4v) is 1.07. The molecule has 0 aliphatic rings. The van der Waals surface area contributed by atoms with Crippen LogP contribution in [-0.4, -0.2) is 23.6 Å². The van der Waals surface area contributed by atoms with Crippen LogP contribution in [0.2, 0.25) is 0 Å². The van der Waals surface area contributed by atoms with Crippen LogP contribution in [0, 0.1) is 10.1 Å². The lowest BCUT2D eigenvalue weighted by molar-refractivity contribution is -0.385. The van der Waals surface area contributed by atoms with Gasteiger partial charge in [-0.2, -0.15) is 0 Å². The van der Waals surface area contributed by atoms with E-state index in [0.717, 1.165) is 0 Å². The van der Waals surface area contributed by atoms with Gasteiger partial charge in [0.2, 0.25) is 0 Å². The van der Waals surface area contributed by atoms with Crippen molar-refractivity contribution in [2.45, 2.75) is 0 Å². The standard InChI is InChI=1S/C9H9ClN2O2/c10-5-6-11-7-8-3-1-2-4-9(8)12(13)14/h1-4,7H,5-6H2/b11-7+. The molecule has 0 radical (unpaired) electrons. The monoisotopic (exact) mass is 212 g/mol. The highest BCUT2D eigenvalue weighted by molar-refractivity contribution is 6.18. The lowest BCUT2D eigenvalue weighted by Crippen LogP contribution is -1.94. The van der Waals surface area contributed by atoms with Crippen LogP contribution in [0.4, 0.5) is 5.69 Å². The molecule has 0 aromatic heterocycles. The number of alkyl halides is 1. The number of hydrogen-bond donors (Lipinski definition) is 0. The average molecular weight is 213 g/mol. The Balaban J connectivity index is 2.90. The van der Waals surface area contributed by atoms with Crippen molar-refractivity contribution >= 4 is 23.5 Å². The van der Waals surface area contributed by atoms with E-state index >= 15 is 0 Å². The zero-order valence-corrected chi connectivity index (χ0v) is 8.15. The fraction of sp³-hybridized carbons (Fsp3) is 0.222. The second kappa shape index (κ2) is 5.34. The molecule has 74 valence electrons. The molecule has 1 aromatic rings. The van der Waals surface area contributed by atoms with Crippen LogP contribution >= 0.6 is 11.6 Å². The second-order valence-corrected chi connectivity index (χ2v) is 2.92. The van der Waals surface area contributed by atoms with E-state index in [2.05, 4.69) is 4.99 Å². The van der Waals surface area contributed by atoms with Gasteiger partial charge < -0.3 is 0 Å². The largest absolute Gasteiger partial charge is 0.291 e. The highest BCUT2D eigenvalue weighted by Gasteiger charge is 2.09. The molecule has 0 saturated heterocycles. The van der Waals surface area contributed by atoms with Crippen molar-refractivity contribution in [2.75, 3.05) is 12.4 Å². The van der Waals surface area contributed by atoms with Crippen LogP contribution in [0.3, 0.4) is 0 Å². The predicted molar refractivity (Wildman–Crippen MR) is 56.3 cm³/mol. The molecule has 5 heteroatoms. The molecule has 0 saturated carbocycles. The van der Waals surface area contributed by atoms with Gasteiger partial charge in [-0.05, 0) is 6.07 Å². The Labute approximate surface area is 86.4 Å². The first-order chi connectivity index (χ1) is 6.75. The molecule has 0 aliphatic carbocycles. The lowest BCUT2D eigenvalue weighted by atomic mass is 10.2. The maximum atomic E-state index is 10.6. The van der Waals surface area contributed by atoms with Gasteiger partial charge in [0, 0.05) is 18.2 Å². The van der Waals surface area contributed by atoms with Crippen molar-refractivity contribution in [3.8, 4) is 0 Å². The number of halogens is 1. The minimum atomic E-state index is -0.429. The van der Waals surface area contributed by atoms with Gasteiger partial charge in [0.05, 0.1) is 17.0 Å². The zero-order valence-electron chi connectivity index (χ0n) is 7.39. The molecule has 0 spiro atoms. The molecule has 1 rings (SSSR count). The van der Waals surface area contributed by atoms with E-state index in [0.29, 0.717) is 18.0 Å². The Morgan fingerprint density at radius 3 is 2.86 bits per heavy atom. The molecular formula is C9H9ClN2O2. The van der Waals surface area contributed by atoms with Crippen molar-refractivity contribution in [3.05, 3.63) is 39.9 Å². The van der Waals surface area contributed by atoms with Crippen LogP contribution in [0.15, 0.2) is 29.3 Å². The number of nitro groups is 1. The normalized spacial score (nSPS) is 10.6. The summed E-state index contributed by atoms with van der Waals surface area (Å²) >= 11 is 5.42. The number of nitro benzene ring substituents is 1. The third-order valence-electron chi connectivity index (χ3n) is 1.58. The molecule has 0 bridgehead atoms. The van der Waals surface area contributed by atoms with E-state index in [9.17, 15) is 10.1 Å². The maximum Gasteiger partial charge on any atom is 0.278 e. The Hall–Kier alpha value is -1.42. The lowest BCUT2D eigenvalue weighted by Gasteiger charge is -1.95. The molecule has 0 atom stereocenters. The van der Waals surface area contributed by atoms with Gasteiger partial charge in [-0.25, -0.2) is 0 Å². The highest BCUT2D eigenvalue weighted by atomic mass is 35.5. The van der Waals surface area contributed by atoms with Crippen molar-refractivity contribution in [2.24, 2.45) is 4.99 Å². The minimum absolute atomic E-state index is 0.0609. The van der Waals surface area contributed by atoms with Gasteiger partial charge in [-0.15, -0.1) is 11.6 Å². The van der Waals surface area contributed by atoms with E-state index in [1.807, 2.05) is 0 Å². The van der Waals surface area contributed by atoms with E-state index in [1.54, 1.807) is 18.2 Å². The van der Waals surface area contributed by atoms with E-state index in [-0.39, 0.29) is 5.69 Å². The Morgan fingerprint density at radius 2 is 2.21 bits per heavy atom. The number of hydrogen-bond acceptors (Lipinski definition) is 3. The first kappa shape index (κ1) is 10.7. The topological polar surface area (TPSA) is 55.5 Å². The molecule has 0 unspecified atom stereocenters. The quantitative estimate of drug-likeness (QED) is 0.333. The van der Waals surface area contributed by atoms with E-state index < -0.39 is 4.92 Å². The van der Waals surface area contributed by atoms with Crippen molar-refractivity contribution in [1.29, 1.82) is 0 Å². The summed E-state index contributed by atoms with van der Waals surface area (Å²) in [6.07, 6.45) is 1.47. The van der Waals surface area contributed by atoms with Crippen LogP contribution in [0.1, 0.15) is 5.56 Å².